The Kier molecular flexibility index (Phi) is 3.98. The molecule has 0 radical (unpaired) electrons. The molecule has 1 aromatic heterocycles. The molecule has 4 nitrogen and oxygen atoms in total. The summed E-state index contributed by atoms with van der Waals surface area (Å²) >= 11 is 1.75. The van der Waals surface area contributed by atoms with Gasteiger partial charge in [-0.25, -0.2) is 4.79 Å². The highest BCUT2D eigenvalue weighted by molar-refractivity contribution is 7.12. The Hall–Kier alpha value is -2.14. The monoisotopic (exact) mass is 315 g/mol. The van der Waals surface area contributed by atoms with Crippen molar-refractivity contribution in [2.24, 2.45) is 5.92 Å². The predicted molar refractivity (Wildman–Crippen MR) is 85.2 cm³/mol. The van der Waals surface area contributed by atoms with Crippen LogP contribution in [0.15, 0.2) is 36.4 Å². The molecule has 1 amide bonds. The summed E-state index contributed by atoms with van der Waals surface area (Å²) in [5.74, 6) is -0.495. The summed E-state index contributed by atoms with van der Waals surface area (Å²) in [6.07, 6.45) is 0.904. The third kappa shape index (κ3) is 3.20. The lowest BCUT2D eigenvalue weighted by molar-refractivity contribution is -0.122. The second kappa shape index (κ2) is 5.93. The van der Waals surface area contributed by atoms with Crippen LogP contribution in [0.4, 0.5) is 0 Å². The molecule has 1 aromatic carbocycles. The van der Waals surface area contributed by atoms with Gasteiger partial charge in [0, 0.05) is 28.1 Å². The zero-order valence-electron chi connectivity index (χ0n) is 12.2. The summed E-state index contributed by atoms with van der Waals surface area (Å²) < 4.78 is 0. The number of carbonyl (C=O) groups is 2. The maximum Gasteiger partial charge on any atom is 0.335 e. The Labute approximate surface area is 132 Å². The molecular weight excluding hydrogens is 298 g/mol. The van der Waals surface area contributed by atoms with Crippen LogP contribution >= 0.6 is 11.3 Å². The first-order valence-electron chi connectivity index (χ1n) is 7.21. The average Bonchev–Trinajstić information content (AvgIpc) is 3.20. The summed E-state index contributed by atoms with van der Waals surface area (Å²) in [4.78, 5) is 25.6. The zero-order chi connectivity index (χ0) is 15.7. The Morgan fingerprint density at radius 1 is 1.32 bits per heavy atom. The lowest BCUT2D eigenvalue weighted by Crippen LogP contribution is -2.24. The summed E-state index contributed by atoms with van der Waals surface area (Å²) in [6.45, 7) is 2.44. The lowest BCUT2D eigenvalue weighted by atomic mass is 10.1. The van der Waals surface area contributed by atoms with Gasteiger partial charge in [0.1, 0.15) is 0 Å². The van der Waals surface area contributed by atoms with Crippen LogP contribution in [0.5, 0.6) is 0 Å². The number of nitrogens with one attached hydrogen (secondary N) is 1. The minimum absolute atomic E-state index is 0.0526. The van der Waals surface area contributed by atoms with Gasteiger partial charge in [0.05, 0.1) is 5.56 Å². The molecular formula is C17H17NO3S. The second-order valence-corrected chi connectivity index (χ2v) is 6.94. The molecule has 22 heavy (non-hydrogen) atoms. The molecule has 0 aliphatic heterocycles. The number of carboxylic acid groups (broad SMARTS) is 1. The highest BCUT2D eigenvalue weighted by atomic mass is 32.1. The fraction of sp³-hybridized carbons (Fsp3) is 0.294. The molecule has 0 saturated heterocycles. The van der Waals surface area contributed by atoms with E-state index < -0.39 is 5.97 Å². The van der Waals surface area contributed by atoms with Gasteiger partial charge in [-0.15, -0.1) is 11.3 Å². The lowest BCUT2D eigenvalue weighted by Gasteiger charge is -2.06. The maximum absolute atomic E-state index is 12.2. The number of carboxylic acids is 1. The molecule has 3 rings (SSSR count). The molecule has 1 aliphatic carbocycles. The highest BCUT2D eigenvalue weighted by Crippen LogP contribution is 2.49. The van der Waals surface area contributed by atoms with Crippen molar-refractivity contribution in [1.29, 1.82) is 0 Å². The van der Waals surface area contributed by atoms with E-state index >= 15 is 0 Å². The third-order valence-electron chi connectivity index (χ3n) is 3.89. The molecule has 0 spiro atoms. The van der Waals surface area contributed by atoms with E-state index in [4.69, 9.17) is 5.11 Å². The first-order valence-corrected chi connectivity index (χ1v) is 8.02. The smallest absolute Gasteiger partial charge is 0.335 e. The van der Waals surface area contributed by atoms with Gasteiger partial charge in [-0.3, -0.25) is 4.79 Å². The van der Waals surface area contributed by atoms with Gasteiger partial charge in [0.15, 0.2) is 0 Å². The minimum atomic E-state index is -0.955. The van der Waals surface area contributed by atoms with E-state index in [0.29, 0.717) is 12.5 Å². The van der Waals surface area contributed by atoms with Crippen molar-refractivity contribution >= 4 is 23.2 Å². The van der Waals surface area contributed by atoms with E-state index in [1.807, 2.05) is 6.07 Å². The van der Waals surface area contributed by atoms with Gasteiger partial charge in [0.2, 0.25) is 5.91 Å². The number of rotatable bonds is 5. The number of hydrogen-bond donors (Lipinski definition) is 2. The van der Waals surface area contributed by atoms with Crippen molar-refractivity contribution < 1.29 is 14.7 Å². The molecule has 1 heterocycles. The first-order chi connectivity index (χ1) is 10.5. The highest BCUT2D eigenvalue weighted by Gasteiger charge is 2.44. The number of aromatic carboxylic acids is 1. The fourth-order valence-corrected chi connectivity index (χ4v) is 3.64. The van der Waals surface area contributed by atoms with Crippen molar-refractivity contribution in [2.45, 2.75) is 25.8 Å². The quantitative estimate of drug-likeness (QED) is 0.890. The fourth-order valence-electron chi connectivity index (χ4n) is 2.59. The minimum Gasteiger partial charge on any atom is -0.478 e. The topological polar surface area (TPSA) is 66.4 Å². The SMILES string of the molecule is Cc1ccc([C@H]2C[C@@H]2C(=O)NCc2cccc(C(=O)O)c2)s1. The van der Waals surface area contributed by atoms with E-state index in [-0.39, 0.29) is 17.4 Å². The largest absolute Gasteiger partial charge is 0.478 e. The molecule has 2 aromatic rings. The molecule has 0 bridgehead atoms. The molecule has 1 aliphatic rings. The molecule has 2 N–H and O–H groups in total. The summed E-state index contributed by atoms with van der Waals surface area (Å²) in [5, 5.41) is 11.9. The number of carbonyl (C=O) groups excluding carboxylic acids is 1. The molecule has 0 unspecified atom stereocenters. The van der Waals surface area contributed by atoms with Crippen LogP contribution in [0.25, 0.3) is 0 Å². The van der Waals surface area contributed by atoms with Crippen LogP contribution in [0.3, 0.4) is 0 Å². The maximum atomic E-state index is 12.2. The molecule has 2 atom stereocenters. The van der Waals surface area contributed by atoms with E-state index in [0.717, 1.165) is 12.0 Å². The third-order valence-corrected chi connectivity index (χ3v) is 5.03. The van der Waals surface area contributed by atoms with Crippen LogP contribution < -0.4 is 5.32 Å². The van der Waals surface area contributed by atoms with Crippen LogP contribution in [0, 0.1) is 12.8 Å². The second-order valence-electron chi connectivity index (χ2n) is 5.62. The van der Waals surface area contributed by atoms with E-state index in [1.165, 1.54) is 9.75 Å². The van der Waals surface area contributed by atoms with Crippen molar-refractivity contribution in [1.82, 2.24) is 5.32 Å². The van der Waals surface area contributed by atoms with Crippen LogP contribution in [0.2, 0.25) is 0 Å². The molecule has 5 heteroatoms. The van der Waals surface area contributed by atoms with Crippen molar-refractivity contribution in [3.05, 3.63) is 57.3 Å². The number of benzene rings is 1. The number of amides is 1. The number of aryl methyl sites for hydroxylation is 1. The van der Waals surface area contributed by atoms with Gasteiger partial charge in [-0.05, 0) is 43.2 Å². The van der Waals surface area contributed by atoms with Crippen molar-refractivity contribution in [3.63, 3.8) is 0 Å². The predicted octanol–water partition coefficient (Wildman–Crippen LogP) is 3.17. The zero-order valence-corrected chi connectivity index (χ0v) is 13.0. The first kappa shape index (κ1) is 14.8. The molecule has 114 valence electrons. The molecule has 1 fully saturated rings. The number of hydrogen-bond acceptors (Lipinski definition) is 3. The molecule has 1 saturated carbocycles. The van der Waals surface area contributed by atoms with Crippen molar-refractivity contribution in [2.75, 3.05) is 0 Å². The van der Waals surface area contributed by atoms with Crippen LogP contribution in [-0.2, 0) is 11.3 Å². The van der Waals surface area contributed by atoms with Crippen LogP contribution in [-0.4, -0.2) is 17.0 Å². The Morgan fingerprint density at radius 3 is 2.82 bits per heavy atom. The van der Waals surface area contributed by atoms with Crippen LogP contribution in [0.1, 0.15) is 38.0 Å². The van der Waals surface area contributed by atoms with Gasteiger partial charge in [-0.2, -0.15) is 0 Å². The summed E-state index contributed by atoms with van der Waals surface area (Å²) in [7, 11) is 0. The average molecular weight is 315 g/mol. The Morgan fingerprint density at radius 2 is 2.14 bits per heavy atom. The van der Waals surface area contributed by atoms with Gasteiger partial charge >= 0.3 is 5.97 Å². The summed E-state index contributed by atoms with van der Waals surface area (Å²) in [5.41, 5.74) is 1.04. The normalized spacial score (nSPS) is 19.7. The Balaban J connectivity index is 1.55. The summed E-state index contributed by atoms with van der Waals surface area (Å²) in [6, 6.07) is 10.8. The Bertz CT molecular complexity index is 722. The van der Waals surface area contributed by atoms with Gasteiger partial charge in [-0.1, -0.05) is 12.1 Å². The van der Waals surface area contributed by atoms with Gasteiger partial charge < -0.3 is 10.4 Å². The number of thiophene rings is 1. The van der Waals surface area contributed by atoms with Crippen molar-refractivity contribution in [3.8, 4) is 0 Å². The van der Waals surface area contributed by atoms with E-state index in [2.05, 4.69) is 24.4 Å². The standard InChI is InChI=1S/C17H17NO3S/c1-10-5-6-15(22-10)13-8-14(13)16(19)18-9-11-3-2-4-12(7-11)17(20)21/h2-7,13-14H,8-9H2,1H3,(H,18,19)(H,20,21)/t13-,14-/m0/s1. The van der Waals surface area contributed by atoms with E-state index in [1.54, 1.807) is 29.5 Å². The van der Waals surface area contributed by atoms with E-state index in [9.17, 15) is 9.59 Å². The van der Waals surface area contributed by atoms with Gasteiger partial charge in [0.25, 0.3) is 0 Å².